The number of benzene rings is 2. The number of aryl methyl sites for hydroxylation is 1. The van der Waals surface area contributed by atoms with Crippen molar-refractivity contribution in [2.24, 2.45) is 0 Å². The van der Waals surface area contributed by atoms with Gasteiger partial charge in [-0.05, 0) is 57.2 Å². The van der Waals surface area contributed by atoms with Gasteiger partial charge < -0.3 is 10.2 Å². The molecule has 0 aliphatic rings. The largest absolute Gasteiger partial charge is 0.327 e. The molecule has 2 aromatic carbocycles. The molecule has 5 heteroatoms. The molecule has 0 aliphatic carbocycles. The first-order chi connectivity index (χ1) is 12.0. The fourth-order valence-corrected chi connectivity index (χ4v) is 2.47. The third kappa shape index (κ3) is 4.45. The van der Waals surface area contributed by atoms with Crippen LogP contribution in [0.4, 0.5) is 5.69 Å². The highest BCUT2D eigenvalue weighted by molar-refractivity contribution is 6.01. The molecule has 0 fully saturated rings. The van der Waals surface area contributed by atoms with Crippen molar-refractivity contribution < 1.29 is 9.59 Å². The van der Waals surface area contributed by atoms with E-state index in [-0.39, 0.29) is 11.8 Å². The molecule has 5 nitrogen and oxygen atoms in total. The lowest BCUT2D eigenvalue weighted by molar-refractivity contribution is -0.120. The van der Waals surface area contributed by atoms with Crippen LogP contribution in [-0.2, 0) is 4.79 Å². The quantitative estimate of drug-likeness (QED) is 0.910. The van der Waals surface area contributed by atoms with Gasteiger partial charge in [0.15, 0.2) is 0 Å². The number of likely N-dealkylation sites (N-methyl/N-ethyl adjacent to an activating group) is 1. The molecule has 0 bridgehead atoms. The standard InChI is InChI=1S/C20H21N3O2/c1-4-23(20(25)17-9-7-16(13-21)8-10-17)15(3)19(24)22-18-11-5-14(2)6-12-18/h5-12,15H,4H2,1-3H3,(H,22,24). The summed E-state index contributed by atoms with van der Waals surface area (Å²) in [7, 11) is 0. The molecule has 0 saturated carbocycles. The molecule has 0 aromatic heterocycles. The molecule has 1 N–H and O–H groups in total. The lowest BCUT2D eigenvalue weighted by Crippen LogP contribution is -2.45. The van der Waals surface area contributed by atoms with Crippen molar-refractivity contribution in [1.29, 1.82) is 5.26 Å². The molecule has 0 heterocycles. The third-order valence-corrected chi connectivity index (χ3v) is 4.03. The fourth-order valence-electron chi connectivity index (χ4n) is 2.47. The Labute approximate surface area is 147 Å². The van der Waals surface area contributed by atoms with E-state index < -0.39 is 6.04 Å². The highest BCUT2D eigenvalue weighted by atomic mass is 16.2. The number of nitrogens with zero attached hydrogens (tertiary/aromatic N) is 2. The van der Waals surface area contributed by atoms with Gasteiger partial charge in [-0.15, -0.1) is 0 Å². The number of carbonyl (C=O) groups excluding carboxylic acids is 2. The van der Waals surface area contributed by atoms with Crippen LogP contribution in [0, 0.1) is 18.3 Å². The van der Waals surface area contributed by atoms with Crippen molar-refractivity contribution >= 4 is 17.5 Å². The third-order valence-electron chi connectivity index (χ3n) is 4.03. The van der Waals surface area contributed by atoms with Crippen LogP contribution >= 0.6 is 0 Å². The van der Waals surface area contributed by atoms with Crippen molar-refractivity contribution in [2.75, 3.05) is 11.9 Å². The smallest absolute Gasteiger partial charge is 0.254 e. The Morgan fingerprint density at radius 1 is 1.12 bits per heavy atom. The number of amides is 2. The Balaban J connectivity index is 2.11. The van der Waals surface area contributed by atoms with Gasteiger partial charge in [0.05, 0.1) is 11.6 Å². The van der Waals surface area contributed by atoms with Gasteiger partial charge in [0.1, 0.15) is 6.04 Å². The van der Waals surface area contributed by atoms with Crippen LogP contribution in [0.1, 0.15) is 35.3 Å². The van der Waals surface area contributed by atoms with E-state index in [1.54, 1.807) is 31.2 Å². The monoisotopic (exact) mass is 335 g/mol. The van der Waals surface area contributed by atoms with Crippen molar-refractivity contribution in [3.05, 3.63) is 65.2 Å². The second kappa shape index (κ2) is 8.11. The lowest BCUT2D eigenvalue weighted by atomic mass is 10.1. The number of rotatable bonds is 5. The molecule has 128 valence electrons. The zero-order chi connectivity index (χ0) is 18.4. The van der Waals surface area contributed by atoms with Crippen molar-refractivity contribution in [3.63, 3.8) is 0 Å². The van der Waals surface area contributed by atoms with Crippen LogP contribution < -0.4 is 5.32 Å². The van der Waals surface area contributed by atoms with Gasteiger partial charge in [0.25, 0.3) is 5.91 Å². The van der Waals surface area contributed by atoms with Gasteiger partial charge in [-0.25, -0.2) is 0 Å². The summed E-state index contributed by atoms with van der Waals surface area (Å²) in [6.45, 7) is 5.91. The second-order valence-electron chi connectivity index (χ2n) is 5.81. The van der Waals surface area contributed by atoms with Crippen LogP contribution in [0.15, 0.2) is 48.5 Å². The topological polar surface area (TPSA) is 73.2 Å². The molecule has 0 radical (unpaired) electrons. The van der Waals surface area contributed by atoms with Gasteiger partial charge in [-0.3, -0.25) is 9.59 Å². The van der Waals surface area contributed by atoms with E-state index in [0.717, 1.165) is 5.56 Å². The SMILES string of the molecule is CCN(C(=O)c1ccc(C#N)cc1)C(C)C(=O)Nc1ccc(C)cc1. The summed E-state index contributed by atoms with van der Waals surface area (Å²) in [5.74, 6) is -0.480. The zero-order valence-corrected chi connectivity index (χ0v) is 14.6. The van der Waals surface area contributed by atoms with E-state index in [0.29, 0.717) is 23.4 Å². The number of nitrogens with one attached hydrogen (secondary N) is 1. The van der Waals surface area contributed by atoms with Crippen LogP contribution in [0.25, 0.3) is 0 Å². The number of hydrogen-bond donors (Lipinski definition) is 1. The maximum atomic E-state index is 12.7. The van der Waals surface area contributed by atoms with Crippen LogP contribution in [0.3, 0.4) is 0 Å². The minimum absolute atomic E-state index is 0.237. The van der Waals surface area contributed by atoms with E-state index in [4.69, 9.17) is 5.26 Å². The van der Waals surface area contributed by atoms with E-state index in [1.807, 2.05) is 44.2 Å². The molecule has 1 atom stereocenters. The summed E-state index contributed by atoms with van der Waals surface area (Å²) in [4.78, 5) is 26.7. The van der Waals surface area contributed by atoms with E-state index in [2.05, 4.69) is 5.32 Å². The molecule has 2 amide bonds. The lowest BCUT2D eigenvalue weighted by Gasteiger charge is -2.27. The summed E-state index contributed by atoms with van der Waals surface area (Å²) in [5.41, 5.74) is 2.75. The maximum Gasteiger partial charge on any atom is 0.254 e. The van der Waals surface area contributed by atoms with E-state index in [1.165, 1.54) is 4.90 Å². The Bertz CT molecular complexity index is 789. The Hall–Kier alpha value is -3.13. The number of anilines is 1. The van der Waals surface area contributed by atoms with Gasteiger partial charge in [0.2, 0.25) is 5.91 Å². The molecule has 25 heavy (non-hydrogen) atoms. The normalized spacial score (nSPS) is 11.3. The first-order valence-electron chi connectivity index (χ1n) is 8.15. The summed E-state index contributed by atoms with van der Waals surface area (Å²) < 4.78 is 0. The fraction of sp³-hybridized carbons (Fsp3) is 0.250. The van der Waals surface area contributed by atoms with Crippen LogP contribution in [0.5, 0.6) is 0 Å². The van der Waals surface area contributed by atoms with Crippen molar-refractivity contribution in [2.45, 2.75) is 26.8 Å². The van der Waals surface area contributed by atoms with Crippen LogP contribution in [0.2, 0.25) is 0 Å². The first kappa shape index (κ1) is 18.2. The Kier molecular flexibility index (Phi) is 5.91. The summed E-state index contributed by atoms with van der Waals surface area (Å²) >= 11 is 0. The van der Waals surface area contributed by atoms with E-state index in [9.17, 15) is 9.59 Å². The predicted octanol–water partition coefficient (Wildman–Crippen LogP) is 3.36. The molecule has 0 spiro atoms. The van der Waals surface area contributed by atoms with Crippen molar-refractivity contribution in [1.82, 2.24) is 4.90 Å². The Morgan fingerprint density at radius 2 is 1.72 bits per heavy atom. The molecular weight excluding hydrogens is 314 g/mol. The van der Waals surface area contributed by atoms with Gasteiger partial charge in [-0.1, -0.05) is 17.7 Å². The minimum Gasteiger partial charge on any atom is -0.327 e. The second-order valence-corrected chi connectivity index (χ2v) is 5.81. The predicted molar refractivity (Wildman–Crippen MR) is 97.1 cm³/mol. The molecule has 0 aliphatic heterocycles. The highest BCUT2D eigenvalue weighted by Crippen LogP contribution is 2.13. The highest BCUT2D eigenvalue weighted by Gasteiger charge is 2.25. The number of carbonyl (C=O) groups is 2. The Morgan fingerprint density at radius 3 is 2.24 bits per heavy atom. The van der Waals surface area contributed by atoms with E-state index >= 15 is 0 Å². The zero-order valence-electron chi connectivity index (χ0n) is 14.6. The average molecular weight is 335 g/mol. The summed E-state index contributed by atoms with van der Waals surface area (Å²) in [6.07, 6.45) is 0. The average Bonchev–Trinajstić information content (AvgIpc) is 2.64. The van der Waals surface area contributed by atoms with Gasteiger partial charge in [-0.2, -0.15) is 5.26 Å². The number of nitriles is 1. The van der Waals surface area contributed by atoms with Crippen LogP contribution in [-0.4, -0.2) is 29.3 Å². The molecule has 0 saturated heterocycles. The number of hydrogen-bond acceptors (Lipinski definition) is 3. The minimum atomic E-state index is -0.616. The molecule has 2 rings (SSSR count). The maximum absolute atomic E-state index is 12.7. The molecule has 2 aromatic rings. The van der Waals surface area contributed by atoms with Gasteiger partial charge >= 0.3 is 0 Å². The molecular formula is C20H21N3O2. The molecule has 1 unspecified atom stereocenters. The van der Waals surface area contributed by atoms with Gasteiger partial charge in [0, 0.05) is 17.8 Å². The summed E-state index contributed by atoms with van der Waals surface area (Å²) in [6, 6.07) is 15.3. The summed E-state index contributed by atoms with van der Waals surface area (Å²) in [5, 5.41) is 11.7. The first-order valence-corrected chi connectivity index (χ1v) is 8.15. The van der Waals surface area contributed by atoms with Crippen molar-refractivity contribution in [3.8, 4) is 6.07 Å².